The van der Waals surface area contributed by atoms with Crippen molar-refractivity contribution in [2.45, 2.75) is 33.7 Å². The van der Waals surface area contributed by atoms with Gasteiger partial charge in [-0.25, -0.2) is 9.97 Å². The summed E-state index contributed by atoms with van der Waals surface area (Å²) >= 11 is 1.58. The van der Waals surface area contributed by atoms with Crippen molar-refractivity contribution in [3.8, 4) is 0 Å². The highest BCUT2D eigenvalue weighted by molar-refractivity contribution is 7.22. The third-order valence-electron chi connectivity index (χ3n) is 5.17. The average molecular weight is 441 g/mol. The number of imidazole rings is 1. The molecule has 0 bridgehead atoms. The lowest BCUT2D eigenvalue weighted by Gasteiger charge is -2.20. The number of carbonyl (C=O) groups excluding carboxylic acids is 1. The zero-order valence-corrected chi connectivity index (χ0v) is 19.0. The Kier molecular flexibility index (Phi) is 6.90. The molecule has 2 aromatic carbocycles. The average Bonchev–Trinajstić information content (AvgIpc) is 3.38. The second-order valence-electron chi connectivity index (χ2n) is 7.33. The van der Waals surface area contributed by atoms with E-state index in [0.29, 0.717) is 12.1 Å². The summed E-state index contributed by atoms with van der Waals surface area (Å²) in [6.45, 7) is 7.59. The summed E-state index contributed by atoms with van der Waals surface area (Å²) in [7, 11) is 0. The quantitative estimate of drug-likeness (QED) is 0.393. The van der Waals surface area contributed by atoms with Crippen LogP contribution in [-0.4, -0.2) is 27.0 Å². The highest BCUT2D eigenvalue weighted by Gasteiger charge is 2.22. The van der Waals surface area contributed by atoms with Crippen molar-refractivity contribution >= 4 is 45.0 Å². The Morgan fingerprint density at radius 1 is 1.17 bits per heavy atom. The Hall–Kier alpha value is -2.70. The van der Waals surface area contributed by atoms with E-state index in [1.807, 2.05) is 46.9 Å². The number of rotatable bonds is 6. The fraction of sp³-hybridized carbons (Fsp3) is 0.261. The van der Waals surface area contributed by atoms with Gasteiger partial charge in [0.15, 0.2) is 5.13 Å². The van der Waals surface area contributed by atoms with Crippen LogP contribution in [0.5, 0.6) is 0 Å². The zero-order chi connectivity index (χ0) is 20.4. The first-order chi connectivity index (χ1) is 14.0. The molecule has 4 aromatic rings. The molecule has 0 atom stereocenters. The van der Waals surface area contributed by atoms with E-state index in [2.05, 4.69) is 31.0 Å². The van der Waals surface area contributed by atoms with Gasteiger partial charge in [-0.3, -0.25) is 9.69 Å². The van der Waals surface area contributed by atoms with E-state index in [1.165, 1.54) is 11.1 Å². The molecule has 156 valence electrons. The van der Waals surface area contributed by atoms with Gasteiger partial charge in [-0.2, -0.15) is 0 Å². The molecule has 7 heteroatoms. The molecule has 0 fully saturated rings. The molecule has 0 radical (unpaired) electrons. The molecule has 5 nitrogen and oxygen atoms in total. The molecular formula is C23H25ClN4OS. The first-order valence-electron chi connectivity index (χ1n) is 9.74. The number of aryl methyl sites for hydroxylation is 4. The van der Waals surface area contributed by atoms with E-state index < -0.39 is 0 Å². The number of thiazole rings is 1. The molecule has 0 aliphatic rings. The lowest BCUT2D eigenvalue weighted by Crippen LogP contribution is -2.32. The Balaban J connectivity index is 0.00000256. The number of hydrogen-bond donors (Lipinski definition) is 0. The predicted octanol–water partition coefficient (Wildman–Crippen LogP) is 5.58. The van der Waals surface area contributed by atoms with Crippen molar-refractivity contribution in [1.82, 2.24) is 14.5 Å². The molecule has 4 rings (SSSR count). The van der Waals surface area contributed by atoms with Crippen LogP contribution in [0.15, 0.2) is 55.1 Å². The van der Waals surface area contributed by atoms with Gasteiger partial charge in [0.25, 0.3) is 5.91 Å². The van der Waals surface area contributed by atoms with Gasteiger partial charge in [0.2, 0.25) is 0 Å². The second-order valence-corrected chi connectivity index (χ2v) is 8.34. The highest BCUT2D eigenvalue weighted by atomic mass is 35.5. The van der Waals surface area contributed by atoms with Crippen molar-refractivity contribution in [2.75, 3.05) is 11.4 Å². The Morgan fingerprint density at radius 2 is 2.00 bits per heavy atom. The van der Waals surface area contributed by atoms with E-state index in [1.54, 1.807) is 23.9 Å². The van der Waals surface area contributed by atoms with Crippen molar-refractivity contribution in [3.63, 3.8) is 0 Å². The number of anilines is 1. The lowest BCUT2D eigenvalue weighted by molar-refractivity contribution is 0.0986. The lowest BCUT2D eigenvalue weighted by atomic mass is 10.1. The largest absolute Gasteiger partial charge is 0.337 e. The van der Waals surface area contributed by atoms with Crippen LogP contribution in [0.1, 0.15) is 33.5 Å². The zero-order valence-electron chi connectivity index (χ0n) is 17.3. The van der Waals surface area contributed by atoms with Crippen molar-refractivity contribution in [2.24, 2.45) is 0 Å². The normalized spacial score (nSPS) is 10.8. The summed E-state index contributed by atoms with van der Waals surface area (Å²) in [5, 5.41) is 0.755. The molecule has 30 heavy (non-hydrogen) atoms. The number of carbonyl (C=O) groups is 1. The number of benzene rings is 2. The maximum atomic E-state index is 13.4. The number of amides is 1. The van der Waals surface area contributed by atoms with Gasteiger partial charge in [-0.1, -0.05) is 35.1 Å². The first-order valence-corrected chi connectivity index (χ1v) is 10.6. The number of hydrogen-bond acceptors (Lipinski definition) is 4. The fourth-order valence-electron chi connectivity index (χ4n) is 3.38. The Labute approximate surface area is 186 Å². The fourth-order valence-corrected chi connectivity index (χ4v) is 4.43. The van der Waals surface area contributed by atoms with Crippen molar-refractivity contribution in [1.29, 1.82) is 0 Å². The standard InChI is InChI=1S/C23H24N4OS.ClH/c1-16-6-4-7-19(14-16)22(28)27(12-5-11-26-13-10-24-15-26)23-25-21-18(3)17(2)8-9-20(21)29-23;/h4,6-10,13-15H,5,11-12H2,1-3H3;1H. The second kappa shape index (κ2) is 9.41. The summed E-state index contributed by atoms with van der Waals surface area (Å²) < 4.78 is 3.14. The van der Waals surface area contributed by atoms with Gasteiger partial charge < -0.3 is 4.57 Å². The number of fused-ring (bicyclic) bond motifs is 1. The monoisotopic (exact) mass is 440 g/mol. The summed E-state index contributed by atoms with van der Waals surface area (Å²) in [6, 6.07) is 12.0. The molecule has 0 N–H and O–H groups in total. The number of halogens is 1. The minimum Gasteiger partial charge on any atom is -0.337 e. The smallest absolute Gasteiger partial charge is 0.260 e. The van der Waals surface area contributed by atoms with Gasteiger partial charge in [-0.05, 0) is 56.5 Å². The van der Waals surface area contributed by atoms with Gasteiger partial charge in [-0.15, -0.1) is 12.4 Å². The maximum absolute atomic E-state index is 13.4. The van der Waals surface area contributed by atoms with Gasteiger partial charge in [0.1, 0.15) is 0 Å². The number of nitrogens with zero attached hydrogens (tertiary/aromatic N) is 4. The summed E-state index contributed by atoms with van der Waals surface area (Å²) in [5.41, 5.74) is 5.14. The van der Waals surface area contributed by atoms with Gasteiger partial charge >= 0.3 is 0 Å². The van der Waals surface area contributed by atoms with E-state index in [4.69, 9.17) is 4.98 Å². The molecule has 0 aliphatic carbocycles. The van der Waals surface area contributed by atoms with Crippen LogP contribution in [0.3, 0.4) is 0 Å². The molecule has 2 heterocycles. The Morgan fingerprint density at radius 3 is 2.73 bits per heavy atom. The molecule has 0 spiro atoms. The van der Waals surface area contributed by atoms with Crippen molar-refractivity contribution in [3.05, 3.63) is 77.4 Å². The molecule has 0 saturated heterocycles. The van der Waals surface area contributed by atoms with Crippen LogP contribution in [-0.2, 0) is 6.54 Å². The van der Waals surface area contributed by atoms with Crippen molar-refractivity contribution < 1.29 is 4.79 Å². The predicted molar refractivity (Wildman–Crippen MR) is 126 cm³/mol. The van der Waals surface area contributed by atoms with Gasteiger partial charge in [0, 0.05) is 31.0 Å². The highest BCUT2D eigenvalue weighted by Crippen LogP contribution is 2.32. The molecule has 2 aromatic heterocycles. The molecular weight excluding hydrogens is 416 g/mol. The van der Waals surface area contributed by atoms with E-state index >= 15 is 0 Å². The molecule has 0 unspecified atom stereocenters. The molecule has 1 amide bonds. The van der Waals surface area contributed by atoms with Crippen LogP contribution >= 0.6 is 23.7 Å². The SMILES string of the molecule is Cc1cccc(C(=O)N(CCCn2ccnc2)c2nc3c(C)c(C)ccc3s2)c1.Cl. The van der Waals surface area contributed by atoms with Gasteiger partial charge in [0.05, 0.1) is 16.5 Å². The molecule has 0 aliphatic heterocycles. The maximum Gasteiger partial charge on any atom is 0.260 e. The molecule has 0 saturated carbocycles. The minimum absolute atomic E-state index is 0. The van der Waals surface area contributed by atoms with Crippen LogP contribution < -0.4 is 4.90 Å². The van der Waals surface area contributed by atoms with E-state index in [9.17, 15) is 4.79 Å². The first kappa shape index (κ1) is 22.0. The third-order valence-corrected chi connectivity index (χ3v) is 6.22. The van der Waals surface area contributed by atoms with Crippen LogP contribution in [0.4, 0.5) is 5.13 Å². The minimum atomic E-state index is -0.00670. The number of aromatic nitrogens is 3. The summed E-state index contributed by atoms with van der Waals surface area (Å²) in [4.78, 5) is 24.2. The van der Waals surface area contributed by atoms with E-state index in [0.717, 1.165) is 33.9 Å². The topological polar surface area (TPSA) is 51.0 Å². The Bertz CT molecular complexity index is 1150. The summed E-state index contributed by atoms with van der Waals surface area (Å²) in [5.74, 6) is -0.00670. The van der Waals surface area contributed by atoms with Crippen LogP contribution in [0.25, 0.3) is 10.2 Å². The van der Waals surface area contributed by atoms with Crippen LogP contribution in [0, 0.1) is 20.8 Å². The summed E-state index contributed by atoms with van der Waals surface area (Å²) in [6.07, 6.45) is 6.34. The third kappa shape index (κ3) is 4.55. The van der Waals surface area contributed by atoms with Crippen LogP contribution in [0.2, 0.25) is 0 Å². The van der Waals surface area contributed by atoms with E-state index in [-0.39, 0.29) is 18.3 Å².